The third-order valence-electron chi connectivity index (χ3n) is 3.73. The van der Waals surface area contributed by atoms with Gasteiger partial charge < -0.3 is 15.7 Å². The lowest BCUT2D eigenvalue weighted by Gasteiger charge is -2.38. The van der Waals surface area contributed by atoms with Crippen molar-refractivity contribution >= 4 is 12.0 Å². The van der Waals surface area contributed by atoms with Crippen LogP contribution in [-0.4, -0.2) is 28.7 Å². The molecule has 3 N–H and O–H groups in total. The number of urea groups is 1. The van der Waals surface area contributed by atoms with Crippen LogP contribution in [0.2, 0.25) is 0 Å². The molecule has 0 radical (unpaired) electrons. The van der Waals surface area contributed by atoms with Crippen LogP contribution in [-0.2, 0) is 11.2 Å². The molecule has 20 heavy (non-hydrogen) atoms. The van der Waals surface area contributed by atoms with Gasteiger partial charge in [-0.25, -0.2) is 9.59 Å². The van der Waals surface area contributed by atoms with Gasteiger partial charge in [0, 0.05) is 6.04 Å². The Hall–Kier alpha value is -2.04. The normalized spacial score (nSPS) is 17.6. The molecule has 0 aliphatic heterocycles. The number of carboxylic acids is 1. The third kappa shape index (κ3) is 3.29. The Morgan fingerprint density at radius 1 is 1.30 bits per heavy atom. The van der Waals surface area contributed by atoms with E-state index in [-0.39, 0.29) is 6.04 Å². The average Bonchev–Trinajstić information content (AvgIpc) is 2.34. The van der Waals surface area contributed by atoms with E-state index < -0.39 is 17.5 Å². The lowest BCUT2D eigenvalue weighted by Crippen LogP contribution is -2.61. The molecular weight excluding hydrogens is 256 g/mol. The van der Waals surface area contributed by atoms with Crippen LogP contribution in [0.4, 0.5) is 4.79 Å². The fourth-order valence-corrected chi connectivity index (χ4v) is 2.42. The first-order chi connectivity index (χ1) is 9.52. The van der Waals surface area contributed by atoms with Crippen LogP contribution >= 0.6 is 0 Å². The van der Waals surface area contributed by atoms with Gasteiger partial charge in [0.25, 0.3) is 0 Å². The van der Waals surface area contributed by atoms with E-state index in [2.05, 4.69) is 10.6 Å². The van der Waals surface area contributed by atoms with E-state index >= 15 is 0 Å². The van der Waals surface area contributed by atoms with Crippen molar-refractivity contribution in [3.63, 3.8) is 0 Å². The van der Waals surface area contributed by atoms with E-state index in [4.69, 9.17) is 5.11 Å². The molecule has 0 heterocycles. The summed E-state index contributed by atoms with van der Waals surface area (Å²) < 4.78 is 0. The largest absolute Gasteiger partial charge is 0.480 e. The van der Waals surface area contributed by atoms with E-state index in [9.17, 15) is 9.59 Å². The number of amides is 2. The zero-order valence-corrected chi connectivity index (χ0v) is 11.6. The monoisotopic (exact) mass is 276 g/mol. The molecule has 5 nitrogen and oxygen atoms in total. The third-order valence-corrected chi connectivity index (χ3v) is 3.73. The molecule has 1 saturated carbocycles. The summed E-state index contributed by atoms with van der Waals surface area (Å²) >= 11 is 0. The Morgan fingerprint density at radius 2 is 1.95 bits per heavy atom. The number of carboxylic acid groups (broad SMARTS) is 1. The van der Waals surface area contributed by atoms with Crippen LogP contribution < -0.4 is 10.6 Å². The topological polar surface area (TPSA) is 78.4 Å². The van der Waals surface area contributed by atoms with Gasteiger partial charge in [-0.05, 0) is 38.2 Å². The fraction of sp³-hybridized carbons (Fsp3) is 0.467. The minimum atomic E-state index is -1.06. The molecule has 0 saturated heterocycles. The molecular formula is C15H20N2O3. The predicted octanol–water partition coefficient (Wildman–Crippen LogP) is 1.92. The van der Waals surface area contributed by atoms with Gasteiger partial charge in [0.15, 0.2) is 0 Å². The summed E-state index contributed by atoms with van der Waals surface area (Å²) in [6, 6.07) is 9.40. The first kappa shape index (κ1) is 14.4. The lowest BCUT2D eigenvalue weighted by molar-refractivity contribution is -0.148. The van der Waals surface area contributed by atoms with Crippen molar-refractivity contribution in [1.82, 2.24) is 10.6 Å². The maximum Gasteiger partial charge on any atom is 0.329 e. The molecule has 1 aromatic carbocycles. The molecule has 1 aliphatic rings. The van der Waals surface area contributed by atoms with Crippen molar-refractivity contribution < 1.29 is 14.7 Å². The molecule has 5 heteroatoms. The van der Waals surface area contributed by atoms with E-state index in [0.717, 1.165) is 12.0 Å². The minimum Gasteiger partial charge on any atom is -0.480 e. The highest BCUT2D eigenvalue weighted by molar-refractivity contribution is 5.87. The molecule has 2 rings (SSSR count). The van der Waals surface area contributed by atoms with Gasteiger partial charge in [0.1, 0.15) is 5.54 Å². The quantitative estimate of drug-likeness (QED) is 0.769. The Bertz CT molecular complexity index is 483. The van der Waals surface area contributed by atoms with Gasteiger partial charge >= 0.3 is 12.0 Å². The van der Waals surface area contributed by atoms with E-state index in [1.165, 1.54) is 0 Å². The van der Waals surface area contributed by atoms with Crippen LogP contribution in [0.25, 0.3) is 0 Å². The van der Waals surface area contributed by atoms with Crippen LogP contribution in [0.1, 0.15) is 31.7 Å². The molecule has 2 amide bonds. The van der Waals surface area contributed by atoms with Gasteiger partial charge in [-0.15, -0.1) is 0 Å². The van der Waals surface area contributed by atoms with Crippen molar-refractivity contribution in [2.45, 2.75) is 44.2 Å². The number of rotatable bonds is 5. The second-order valence-corrected chi connectivity index (χ2v) is 5.43. The van der Waals surface area contributed by atoms with Crippen LogP contribution in [0.3, 0.4) is 0 Å². The van der Waals surface area contributed by atoms with Gasteiger partial charge in [-0.2, -0.15) is 0 Å². The average molecular weight is 276 g/mol. The Labute approximate surface area is 118 Å². The molecule has 1 atom stereocenters. The van der Waals surface area contributed by atoms with Crippen molar-refractivity contribution in [1.29, 1.82) is 0 Å². The number of hydrogen-bond donors (Lipinski definition) is 3. The predicted molar refractivity (Wildman–Crippen MR) is 75.5 cm³/mol. The summed E-state index contributed by atoms with van der Waals surface area (Å²) in [7, 11) is 0. The lowest BCUT2D eigenvalue weighted by atomic mass is 9.77. The summed E-state index contributed by atoms with van der Waals surface area (Å²) in [4.78, 5) is 23.0. The SMILES string of the molecule is CC(Cc1ccccc1)NC(=O)NC1(C(=O)O)CCC1. The number of benzene rings is 1. The van der Waals surface area contributed by atoms with E-state index in [1.54, 1.807) is 0 Å². The van der Waals surface area contributed by atoms with Crippen LogP contribution in [0.5, 0.6) is 0 Å². The van der Waals surface area contributed by atoms with Crippen LogP contribution in [0, 0.1) is 0 Å². The van der Waals surface area contributed by atoms with Gasteiger partial charge in [0.2, 0.25) is 0 Å². The Balaban J connectivity index is 1.84. The Kier molecular flexibility index (Phi) is 4.27. The zero-order chi connectivity index (χ0) is 14.6. The molecule has 0 aromatic heterocycles. The van der Waals surface area contributed by atoms with Gasteiger partial charge in [-0.3, -0.25) is 0 Å². The number of nitrogens with one attached hydrogen (secondary N) is 2. The standard InChI is InChI=1S/C15H20N2O3/c1-11(10-12-6-3-2-4-7-12)16-14(20)17-15(13(18)19)8-5-9-15/h2-4,6-7,11H,5,8-10H2,1H3,(H,18,19)(H2,16,17,20). The highest BCUT2D eigenvalue weighted by Crippen LogP contribution is 2.31. The summed E-state index contributed by atoms with van der Waals surface area (Å²) in [5, 5.41) is 14.5. The molecule has 1 unspecified atom stereocenters. The smallest absolute Gasteiger partial charge is 0.329 e. The van der Waals surface area contributed by atoms with E-state index in [0.29, 0.717) is 19.3 Å². The Morgan fingerprint density at radius 3 is 2.45 bits per heavy atom. The number of carbonyl (C=O) groups excluding carboxylic acids is 1. The van der Waals surface area contributed by atoms with Crippen molar-refractivity contribution in [3.8, 4) is 0 Å². The van der Waals surface area contributed by atoms with Crippen LogP contribution in [0.15, 0.2) is 30.3 Å². The highest BCUT2D eigenvalue weighted by atomic mass is 16.4. The number of aliphatic carboxylic acids is 1. The zero-order valence-electron chi connectivity index (χ0n) is 11.6. The molecule has 1 aliphatic carbocycles. The fourth-order valence-electron chi connectivity index (χ4n) is 2.42. The summed E-state index contributed by atoms with van der Waals surface area (Å²) in [5.74, 6) is -0.949. The second-order valence-electron chi connectivity index (χ2n) is 5.43. The first-order valence-electron chi connectivity index (χ1n) is 6.88. The minimum absolute atomic E-state index is 0.0525. The number of hydrogen-bond acceptors (Lipinski definition) is 2. The van der Waals surface area contributed by atoms with Crippen molar-refractivity contribution in [2.75, 3.05) is 0 Å². The molecule has 1 fully saturated rings. The number of carbonyl (C=O) groups is 2. The van der Waals surface area contributed by atoms with E-state index in [1.807, 2.05) is 37.3 Å². The molecule has 108 valence electrons. The first-order valence-corrected chi connectivity index (χ1v) is 6.88. The van der Waals surface area contributed by atoms with Gasteiger partial charge in [-0.1, -0.05) is 30.3 Å². The second kappa shape index (κ2) is 5.94. The molecule has 1 aromatic rings. The van der Waals surface area contributed by atoms with Gasteiger partial charge in [0.05, 0.1) is 0 Å². The van der Waals surface area contributed by atoms with Crippen molar-refractivity contribution in [2.24, 2.45) is 0 Å². The van der Waals surface area contributed by atoms with Crippen molar-refractivity contribution in [3.05, 3.63) is 35.9 Å². The summed E-state index contributed by atoms with van der Waals surface area (Å²) in [5.41, 5.74) is 0.0770. The highest BCUT2D eigenvalue weighted by Gasteiger charge is 2.45. The maximum absolute atomic E-state index is 11.9. The summed E-state index contributed by atoms with van der Waals surface area (Å²) in [6.45, 7) is 1.90. The maximum atomic E-state index is 11.9. The molecule has 0 bridgehead atoms. The summed E-state index contributed by atoms with van der Waals surface area (Å²) in [6.07, 6.45) is 2.56. The molecule has 0 spiro atoms.